The van der Waals surface area contributed by atoms with Gasteiger partial charge in [0.05, 0.1) is 6.04 Å². The van der Waals surface area contributed by atoms with Crippen LogP contribution in [-0.2, 0) is 28.8 Å². The minimum absolute atomic E-state index is 0.0738. The Balaban J connectivity index is 1.47. The predicted molar refractivity (Wildman–Crippen MR) is 168 cm³/mol. The van der Waals surface area contributed by atoms with Crippen molar-refractivity contribution in [2.24, 2.45) is 5.92 Å². The number of rotatable bonds is 14. The van der Waals surface area contributed by atoms with Crippen molar-refractivity contribution >= 4 is 17.8 Å². The van der Waals surface area contributed by atoms with E-state index in [1.807, 2.05) is 85.8 Å². The fourth-order valence-electron chi connectivity index (χ4n) is 5.79. The van der Waals surface area contributed by atoms with E-state index in [-0.39, 0.29) is 25.4 Å². The van der Waals surface area contributed by atoms with Gasteiger partial charge in [0.1, 0.15) is 18.3 Å². The SMILES string of the molecule is Cc1cccc(-c2cc(C(=O)[C@@H](Cc3ccccc3)C(=O)N3C(=O)OC[C@H]3Cc3ccccc3)oc2CCCCCCO)c1. The summed E-state index contributed by atoms with van der Waals surface area (Å²) < 4.78 is 11.6. The van der Waals surface area contributed by atoms with Crippen LogP contribution in [0.3, 0.4) is 0 Å². The lowest BCUT2D eigenvalue weighted by Gasteiger charge is -2.24. The third kappa shape index (κ3) is 7.53. The summed E-state index contributed by atoms with van der Waals surface area (Å²) in [4.78, 5) is 42.5. The van der Waals surface area contributed by atoms with E-state index in [0.29, 0.717) is 18.6 Å². The second-order valence-corrected chi connectivity index (χ2v) is 11.4. The average molecular weight is 594 g/mol. The van der Waals surface area contributed by atoms with Gasteiger partial charge in [-0.3, -0.25) is 9.59 Å². The maximum absolute atomic E-state index is 14.3. The van der Waals surface area contributed by atoms with Crippen LogP contribution in [0.5, 0.6) is 0 Å². The molecular weight excluding hydrogens is 554 g/mol. The first-order valence-electron chi connectivity index (χ1n) is 15.4. The fraction of sp³-hybridized carbons (Fsp3) is 0.324. The number of aryl methyl sites for hydroxylation is 2. The fourth-order valence-corrected chi connectivity index (χ4v) is 5.79. The molecule has 0 unspecified atom stereocenters. The molecule has 2 amide bonds. The van der Waals surface area contributed by atoms with E-state index in [4.69, 9.17) is 14.3 Å². The van der Waals surface area contributed by atoms with Crippen molar-refractivity contribution in [3.05, 3.63) is 119 Å². The molecule has 5 rings (SSSR count). The Morgan fingerprint density at radius 2 is 1.59 bits per heavy atom. The van der Waals surface area contributed by atoms with Crippen molar-refractivity contribution in [2.45, 2.75) is 57.9 Å². The second kappa shape index (κ2) is 14.8. The molecular formula is C37H39NO6. The summed E-state index contributed by atoms with van der Waals surface area (Å²) in [5.41, 5.74) is 4.63. The highest BCUT2D eigenvalue weighted by molar-refractivity contribution is 6.12. The van der Waals surface area contributed by atoms with E-state index in [0.717, 1.165) is 58.4 Å². The van der Waals surface area contributed by atoms with Crippen LogP contribution >= 0.6 is 0 Å². The summed E-state index contributed by atoms with van der Waals surface area (Å²) in [6, 6.07) is 28.2. The van der Waals surface area contributed by atoms with Crippen molar-refractivity contribution in [1.29, 1.82) is 0 Å². The third-order valence-corrected chi connectivity index (χ3v) is 8.10. The molecule has 2 heterocycles. The number of aliphatic hydroxyl groups is 1. The standard InChI is InChI=1S/C37H39NO6/c1-26-13-12-18-29(21-26)31-24-34(44-33(31)19-10-2-3-11-20-39)35(40)32(23-28-16-8-5-9-17-28)36(41)38-30(25-43-37(38)42)22-27-14-6-4-7-15-27/h4-9,12-18,21,24,30,32,39H,2-3,10-11,19-20,22-23,25H2,1H3/t30-,32-/m1/s1. The molecule has 0 saturated carbocycles. The van der Waals surface area contributed by atoms with Crippen LogP contribution in [0.25, 0.3) is 11.1 Å². The van der Waals surface area contributed by atoms with Gasteiger partial charge < -0.3 is 14.3 Å². The van der Waals surface area contributed by atoms with E-state index in [1.165, 1.54) is 0 Å². The molecule has 4 aromatic rings. The zero-order valence-corrected chi connectivity index (χ0v) is 25.1. The van der Waals surface area contributed by atoms with Crippen molar-refractivity contribution < 1.29 is 28.6 Å². The smallest absolute Gasteiger partial charge is 0.417 e. The maximum atomic E-state index is 14.3. The molecule has 1 aliphatic rings. The van der Waals surface area contributed by atoms with Gasteiger partial charge in [0.25, 0.3) is 0 Å². The molecule has 1 fully saturated rings. The highest BCUT2D eigenvalue weighted by atomic mass is 16.6. The summed E-state index contributed by atoms with van der Waals surface area (Å²) in [7, 11) is 0. The Morgan fingerprint density at radius 3 is 2.30 bits per heavy atom. The van der Waals surface area contributed by atoms with Crippen LogP contribution in [0.15, 0.2) is 95.4 Å². The zero-order chi connectivity index (χ0) is 30.9. The zero-order valence-electron chi connectivity index (χ0n) is 25.1. The number of aliphatic hydroxyl groups excluding tert-OH is 1. The predicted octanol–water partition coefficient (Wildman–Crippen LogP) is 6.98. The lowest BCUT2D eigenvalue weighted by molar-refractivity contribution is -0.131. The van der Waals surface area contributed by atoms with Gasteiger partial charge in [-0.1, -0.05) is 103 Å². The number of hydrogen-bond acceptors (Lipinski definition) is 6. The summed E-state index contributed by atoms with van der Waals surface area (Å²) in [6.45, 7) is 2.26. The Morgan fingerprint density at radius 1 is 0.886 bits per heavy atom. The summed E-state index contributed by atoms with van der Waals surface area (Å²) in [6.07, 6.45) is 3.87. The molecule has 3 aromatic carbocycles. The summed E-state index contributed by atoms with van der Waals surface area (Å²) >= 11 is 0. The summed E-state index contributed by atoms with van der Waals surface area (Å²) in [5, 5.41) is 9.14. The number of ketones is 1. The largest absolute Gasteiger partial charge is 0.457 e. The van der Waals surface area contributed by atoms with Crippen molar-refractivity contribution in [3.8, 4) is 11.1 Å². The Labute approximate surface area is 258 Å². The molecule has 44 heavy (non-hydrogen) atoms. The number of unbranched alkanes of at least 4 members (excludes halogenated alkanes) is 3. The number of hydrogen-bond donors (Lipinski definition) is 1. The number of ether oxygens (including phenoxy) is 1. The molecule has 0 radical (unpaired) electrons. The van der Waals surface area contributed by atoms with Gasteiger partial charge in [-0.2, -0.15) is 0 Å². The number of benzene rings is 3. The quantitative estimate of drug-likeness (QED) is 0.0963. The number of cyclic esters (lactones) is 1. The monoisotopic (exact) mass is 593 g/mol. The molecule has 7 heteroatoms. The van der Waals surface area contributed by atoms with E-state index in [2.05, 4.69) is 6.07 Å². The van der Waals surface area contributed by atoms with Crippen LogP contribution in [-0.4, -0.2) is 47.0 Å². The van der Waals surface area contributed by atoms with Gasteiger partial charge >= 0.3 is 6.09 Å². The number of amides is 2. The van der Waals surface area contributed by atoms with Crippen LogP contribution < -0.4 is 0 Å². The van der Waals surface area contributed by atoms with Crippen molar-refractivity contribution in [3.63, 3.8) is 0 Å². The maximum Gasteiger partial charge on any atom is 0.417 e. The van der Waals surface area contributed by atoms with Crippen LogP contribution in [0, 0.1) is 12.8 Å². The number of nitrogens with zero attached hydrogens (tertiary/aromatic N) is 1. The second-order valence-electron chi connectivity index (χ2n) is 11.4. The Hall–Kier alpha value is -4.49. The Bertz CT molecular complexity index is 1560. The third-order valence-electron chi connectivity index (χ3n) is 8.10. The van der Waals surface area contributed by atoms with Crippen molar-refractivity contribution in [1.82, 2.24) is 4.90 Å². The molecule has 2 atom stereocenters. The van der Waals surface area contributed by atoms with E-state index < -0.39 is 29.7 Å². The average Bonchev–Trinajstić information content (AvgIpc) is 3.63. The minimum Gasteiger partial charge on any atom is -0.457 e. The van der Waals surface area contributed by atoms with Gasteiger partial charge in [-0.25, -0.2) is 9.69 Å². The molecule has 1 saturated heterocycles. The number of Topliss-reactive ketones (excluding diaryl/α,β-unsaturated/α-hetero) is 1. The number of furan rings is 1. The first-order chi connectivity index (χ1) is 21.4. The number of carbonyl (C=O) groups is 3. The van der Waals surface area contributed by atoms with Gasteiger partial charge in [0, 0.05) is 18.6 Å². The van der Waals surface area contributed by atoms with Crippen LogP contribution in [0.4, 0.5) is 4.79 Å². The normalized spacial score (nSPS) is 15.3. The molecule has 7 nitrogen and oxygen atoms in total. The molecule has 1 aliphatic heterocycles. The lowest BCUT2D eigenvalue weighted by atomic mass is 9.91. The van der Waals surface area contributed by atoms with E-state index >= 15 is 0 Å². The molecule has 0 aliphatic carbocycles. The van der Waals surface area contributed by atoms with Crippen LogP contribution in [0.1, 0.15) is 58.7 Å². The van der Waals surface area contributed by atoms with Gasteiger partial charge in [-0.05, 0) is 55.4 Å². The molecule has 228 valence electrons. The minimum atomic E-state index is -1.17. The highest BCUT2D eigenvalue weighted by Gasteiger charge is 2.44. The summed E-state index contributed by atoms with van der Waals surface area (Å²) in [5.74, 6) is -1.42. The molecule has 0 spiro atoms. The van der Waals surface area contributed by atoms with Crippen molar-refractivity contribution in [2.75, 3.05) is 13.2 Å². The van der Waals surface area contributed by atoms with E-state index in [9.17, 15) is 14.4 Å². The van der Waals surface area contributed by atoms with Gasteiger partial charge in [-0.15, -0.1) is 0 Å². The topological polar surface area (TPSA) is 97.1 Å². The number of imide groups is 1. The van der Waals surface area contributed by atoms with Gasteiger partial charge in [0.2, 0.25) is 11.7 Å². The lowest BCUT2D eigenvalue weighted by Crippen LogP contribution is -2.46. The Kier molecular flexibility index (Phi) is 10.4. The molecule has 0 bridgehead atoms. The highest BCUT2D eigenvalue weighted by Crippen LogP contribution is 2.32. The first-order valence-corrected chi connectivity index (χ1v) is 15.4. The van der Waals surface area contributed by atoms with Gasteiger partial charge in [0.15, 0.2) is 5.76 Å². The molecule has 1 aromatic heterocycles. The number of carbonyl (C=O) groups excluding carboxylic acids is 3. The first kappa shape index (κ1) is 31.0. The van der Waals surface area contributed by atoms with Crippen LogP contribution in [0.2, 0.25) is 0 Å². The molecule has 1 N–H and O–H groups in total. The van der Waals surface area contributed by atoms with E-state index in [1.54, 1.807) is 6.07 Å².